The Labute approximate surface area is 118 Å². The van der Waals surface area contributed by atoms with Crippen LogP contribution in [0.3, 0.4) is 0 Å². The van der Waals surface area contributed by atoms with Gasteiger partial charge in [0.25, 0.3) is 5.56 Å². The van der Waals surface area contributed by atoms with Gasteiger partial charge in [-0.05, 0) is 19.1 Å². The van der Waals surface area contributed by atoms with Crippen molar-refractivity contribution < 1.29 is 4.39 Å². The Morgan fingerprint density at radius 3 is 2.84 bits per heavy atom. The fraction of sp³-hybridized carbons (Fsp3) is 0.167. The number of nitrogens with zero attached hydrogens (tertiary/aromatic N) is 1. The Hall–Kier alpha value is -1.59. The zero-order valence-corrected chi connectivity index (χ0v) is 11.4. The Kier molecular flexibility index (Phi) is 4.07. The van der Waals surface area contributed by atoms with Gasteiger partial charge in [-0.2, -0.15) is 5.10 Å². The van der Waals surface area contributed by atoms with Gasteiger partial charge in [0.1, 0.15) is 10.8 Å². The number of rotatable bonds is 3. The number of H-pyrrole nitrogens is 1. The molecule has 19 heavy (non-hydrogen) atoms. The molecule has 1 aromatic heterocycles. The summed E-state index contributed by atoms with van der Waals surface area (Å²) in [5, 5.41) is 9.00. The molecule has 100 valence electrons. The summed E-state index contributed by atoms with van der Waals surface area (Å²) in [5.41, 5.74) is 0.108. The third-order valence-corrected chi connectivity index (χ3v) is 3.31. The van der Waals surface area contributed by atoms with Crippen molar-refractivity contribution in [1.29, 1.82) is 0 Å². The topological polar surface area (TPSA) is 57.8 Å². The molecule has 0 spiro atoms. The quantitative estimate of drug-likeness (QED) is 0.913. The number of aromatic amines is 1. The minimum absolute atomic E-state index is 0.0330. The van der Waals surface area contributed by atoms with Crippen LogP contribution in [0.5, 0.6) is 0 Å². The first-order valence-corrected chi connectivity index (χ1v) is 6.20. The van der Waals surface area contributed by atoms with Crippen molar-refractivity contribution in [2.45, 2.75) is 13.0 Å². The SMILES string of the molecule is C[C@H](Nc1cn[nH]c(=O)c1Cl)c1c(F)cccc1Cl. The van der Waals surface area contributed by atoms with Gasteiger partial charge in [0.2, 0.25) is 0 Å². The third-order valence-electron chi connectivity index (χ3n) is 2.60. The summed E-state index contributed by atoms with van der Waals surface area (Å²) < 4.78 is 13.7. The van der Waals surface area contributed by atoms with Crippen molar-refractivity contribution in [3.05, 3.63) is 56.2 Å². The highest BCUT2D eigenvalue weighted by Crippen LogP contribution is 2.29. The maximum absolute atomic E-state index is 13.7. The number of aromatic nitrogens is 2. The highest BCUT2D eigenvalue weighted by atomic mass is 35.5. The van der Waals surface area contributed by atoms with Gasteiger partial charge < -0.3 is 5.32 Å². The molecule has 4 nitrogen and oxygen atoms in total. The molecule has 0 aliphatic rings. The molecule has 2 aromatic rings. The molecule has 2 N–H and O–H groups in total. The zero-order valence-electron chi connectivity index (χ0n) is 9.88. The second-order valence-electron chi connectivity index (χ2n) is 3.93. The predicted octanol–water partition coefficient (Wildman–Crippen LogP) is 3.39. The monoisotopic (exact) mass is 301 g/mol. The number of benzene rings is 1. The summed E-state index contributed by atoms with van der Waals surface area (Å²) in [6, 6.07) is 3.97. The van der Waals surface area contributed by atoms with Crippen LogP contribution in [-0.2, 0) is 0 Å². The van der Waals surface area contributed by atoms with Gasteiger partial charge in [-0.25, -0.2) is 9.49 Å². The van der Waals surface area contributed by atoms with Crippen molar-refractivity contribution in [2.75, 3.05) is 5.32 Å². The van der Waals surface area contributed by atoms with Gasteiger partial charge in [-0.3, -0.25) is 4.79 Å². The molecular formula is C12H10Cl2FN3O. The van der Waals surface area contributed by atoms with Gasteiger partial charge in [0.05, 0.1) is 17.9 Å². The molecule has 0 fully saturated rings. The minimum atomic E-state index is -0.515. The van der Waals surface area contributed by atoms with Crippen molar-refractivity contribution in [3.8, 4) is 0 Å². The van der Waals surface area contributed by atoms with Crippen LogP contribution in [0.4, 0.5) is 10.1 Å². The van der Waals surface area contributed by atoms with Crippen molar-refractivity contribution >= 4 is 28.9 Å². The fourth-order valence-electron chi connectivity index (χ4n) is 1.71. The van der Waals surface area contributed by atoms with Crippen LogP contribution in [0.15, 0.2) is 29.2 Å². The van der Waals surface area contributed by atoms with E-state index in [1.807, 2.05) is 0 Å². The van der Waals surface area contributed by atoms with Crippen LogP contribution in [0.1, 0.15) is 18.5 Å². The van der Waals surface area contributed by atoms with Gasteiger partial charge >= 0.3 is 0 Å². The lowest BCUT2D eigenvalue weighted by molar-refractivity contribution is 0.600. The van der Waals surface area contributed by atoms with Crippen molar-refractivity contribution in [2.24, 2.45) is 0 Å². The van der Waals surface area contributed by atoms with E-state index in [0.29, 0.717) is 16.3 Å². The smallest absolute Gasteiger partial charge is 0.285 e. The van der Waals surface area contributed by atoms with Gasteiger partial charge in [0.15, 0.2) is 0 Å². The van der Waals surface area contributed by atoms with E-state index >= 15 is 0 Å². The first-order chi connectivity index (χ1) is 9.00. The molecule has 1 aromatic carbocycles. The van der Waals surface area contributed by atoms with Crippen LogP contribution in [-0.4, -0.2) is 10.2 Å². The van der Waals surface area contributed by atoms with Crippen LogP contribution >= 0.6 is 23.2 Å². The summed E-state index contributed by atoms with van der Waals surface area (Å²) in [6.45, 7) is 1.71. The standard InChI is InChI=1S/C12H10Cl2FN3O/c1-6(10-7(13)3-2-4-8(10)15)17-9-5-16-18-12(19)11(9)14/h2-6H,1H3,(H2,17,18,19)/t6-/m0/s1. The van der Waals surface area contributed by atoms with E-state index < -0.39 is 17.4 Å². The summed E-state index contributed by atoms with van der Waals surface area (Å²) in [6.07, 6.45) is 1.36. The normalized spacial score (nSPS) is 12.2. The number of nitrogens with one attached hydrogen (secondary N) is 2. The second-order valence-corrected chi connectivity index (χ2v) is 4.71. The molecule has 2 rings (SSSR count). The average molecular weight is 302 g/mol. The van der Waals surface area contributed by atoms with Gasteiger partial charge in [0, 0.05) is 10.6 Å². The van der Waals surface area contributed by atoms with E-state index in [2.05, 4.69) is 15.5 Å². The first-order valence-electron chi connectivity index (χ1n) is 5.44. The Morgan fingerprint density at radius 2 is 2.16 bits per heavy atom. The number of anilines is 1. The second kappa shape index (κ2) is 5.59. The third kappa shape index (κ3) is 2.88. The predicted molar refractivity (Wildman–Crippen MR) is 73.3 cm³/mol. The molecule has 1 atom stereocenters. The van der Waals surface area contributed by atoms with E-state index in [-0.39, 0.29) is 5.02 Å². The van der Waals surface area contributed by atoms with E-state index in [4.69, 9.17) is 23.2 Å². The average Bonchev–Trinajstić information content (AvgIpc) is 2.35. The highest BCUT2D eigenvalue weighted by Gasteiger charge is 2.16. The number of hydrogen-bond acceptors (Lipinski definition) is 3. The van der Waals surface area contributed by atoms with E-state index in [1.54, 1.807) is 13.0 Å². The lowest BCUT2D eigenvalue weighted by Gasteiger charge is -2.17. The Balaban J connectivity index is 2.34. The maximum Gasteiger partial charge on any atom is 0.285 e. The molecule has 0 aliphatic carbocycles. The fourth-order valence-corrected chi connectivity index (χ4v) is 2.19. The molecule has 1 heterocycles. The molecule has 0 amide bonds. The number of halogens is 3. The van der Waals surface area contributed by atoms with Gasteiger partial charge in [-0.15, -0.1) is 0 Å². The zero-order chi connectivity index (χ0) is 14.0. The van der Waals surface area contributed by atoms with Crippen LogP contribution in [0.2, 0.25) is 10.0 Å². The summed E-state index contributed by atoms with van der Waals surface area (Å²) in [5.74, 6) is -0.429. The molecular weight excluding hydrogens is 292 g/mol. The van der Waals surface area contributed by atoms with E-state index in [0.717, 1.165) is 0 Å². The van der Waals surface area contributed by atoms with E-state index in [1.165, 1.54) is 18.3 Å². The lowest BCUT2D eigenvalue weighted by Crippen LogP contribution is -2.15. The molecule has 0 saturated carbocycles. The van der Waals surface area contributed by atoms with Crippen molar-refractivity contribution in [1.82, 2.24) is 10.2 Å². The lowest BCUT2D eigenvalue weighted by atomic mass is 10.1. The highest BCUT2D eigenvalue weighted by molar-refractivity contribution is 6.33. The number of hydrogen-bond donors (Lipinski definition) is 2. The van der Waals surface area contributed by atoms with Crippen molar-refractivity contribution in [3.63, 3.8) is 0 Å². The first kappa shape index (κ1) is 13.8. The summed E-state index contributed by atoms with van der Waals surface area (Å²) >= 11 is 11.8. The Morgan fingerprint density at radius 1 is 1.42 bits per heavy atom. The summed E-state index contributed by atoms with van der Waals surface area (Å²) in [4.78, 5) is 11.3. The minimum Gasteiger partial charge on any atom is -0.376 e. The molecule has 7 heteroatoms. The molecule has 0 saturated heterocycles. The van der Waals surface area contributed by atoms with Crippen LogP contribution in [0.25, 0.3) is 0 Å². The largest absolute Gasteiger partial charge is 0.376 e. The molecule has 0 unspecified atom stereocenters. The summed E-state index contributed by atoms with van der Waals surface area (Å²) in [7, 11) is 0. The molecule has 0 bridgehead atoms. The Bertz CT molecular complexity index is 639. The van der Waals surface area contributed by atoms with Crippen LogP contribution in [0, 0.1) is 5.82 Å². The van der Waals surface area contributed by atoms with Gasteiger partial charge in [-0.1, -0.05) is 29.3 Å². The van der Waals surface area contributed by atoms with Crippen LogP contribution < -0.4 is 10.9 Å². The molecule has 0 aliphatic heterocycles. The van der Waals surface area contributed by atoms with E-state index in [9.17, 15) is 9.18 Å². The molecule has 0 radical (unpaired) electrons. The maximum atomic E-state index is 13.7.